The van der Waals surface area contributed by atoms with Gasteiger partial charge in [0, 0.05) is 25.0 Å². The number of ether oxygens (including phenoxy) is 2. The van der Waals surface area contributed by atoms with Gasteiger partial charge in [0.25, 0.3) is 0 Å². The minimum atomic E-state index is -0.0431. The van der Waals surface area contributed by atoms with Gasteiger partial charge in [-0.2, -0.15) is 0 Å². The van der Waals surface area contributed by atoms with Gasteiger partial charge in [0.15, 0.2) is 0 Å². The summed E-state index contributed by atoms with van der Waals surface area (Å²) in [5.74, 6) is 0.556. The molecule has 112 valence electrons. The van der Waals surface area contributed by atoms with Crippen molar-refractivity contribution in [2.24, 2.45) is 5.92 Å². The van der Waals surface area contributed by atoms with Crippen LogP contribution in [0.2, 0.25) is 0 Å². The first kappa shape index (κ1) is 14.4. The predicted molar refractivity (Wildman–Crippen MR) is 77.8 cm³/mol. The van der Waals surface area contributed by atoms with Gasteiger partial charge < -0.3 is 14.8 Å². The molecular weight excluding hydrogens is 274 g/mol. The summed E-state index contributed by atoms with van der Waals surface area (Å²) in [4.78, 5) is 0. The highest BCUT2D eigenvalue weighted by Crippen LogP contribution is 2.40. The van der Waals surface area contributed by atoms with Gasteiger partial charge in [-0.05, 0) is 43.3 Å². The van der Waals surface area contributed by atoms with Crippen molar-refractivity contribution in [1.82, 2.24) is 14.9 Å². The third-order valence-corrected chi connectivity index (χ3v) is 4.90. The zero-order chi connectivity index (χ0) is 13.8. The Bertz CT molecular complexity index is 407. The summed E-state index contributed by atoms with van der Waals surface area (Å²) in [6.07, 6.45) is 4.30. The Labute approximate surface area is 124 Å². The minimum Gasteiger partial charge on any atom is -0.378 e. The molecule has 3 unspecified atom stereocenters. The predicted octanol–water partition coefficient (Wildman–Crippen LogP) is 2.16. The lowest BCUT2D eigenvalue weighted by Crippen LogP contribution is -2.44. The van der Waals surface area contributed by atoms with Gasteiger partial charge in [0.2, 0.25) is 0 Å². The number of hydrogen-bond acceptors (Lipinski definition) is 6. The molecular formula is C14H23N3O2S. The van der Waals surface area contributed by atoms with Crippen molar-refractivity contribution in [3.8, 4) is 0 Å². The smallest absolute Gasteiger partial charge is 0.0940 e. The second-order valence-corrected chi connectivity index (χ2v) is 6.46. The Morgan fingerprint density at radius 2 is 2.50 bits per heavy atom. The first-order chi connectivity index (χ1) is 9.83. The number of nitrogens with one attached hydrogen (secondary N) is 1. The number of aromatic nitrogens is 2. The summed E-state index contributed by atoms with van der Waals surface area (Å²) in [5.41, 5.74) is 1.04. The van der Waals surface area contributed by atoms with Crippen molar-refractivity contribution in [3.05, 3.63) is 11.1 Å². The lowest BCUT2D eigenvalue weighted by molar-refractivity contribution is -0.103. The summed E-state index contributed by atoms with van der Waals surface area (Å²) in [6.45, 7) is 5.62. The van der Waals surface area contributed by atoms with E-state index in [4.69, 9.17) is 9.47 Å². The molecule has 2 saturated heterocycles. The van der Waals surface area contributed by atoms with Gasteiger partial charge in [-0.25, -0.2) is 0 Å². The molecule has 3 atom stereocenters. The lowest BCUT2D eigenvalue weighted by atomic mass is 9.80. The summed E-state index contributed by atoms with van der Waals surface area (Å²) >= 11 is 1.43. The summed E-state index contributed by atoms with van der Waals surface area (Å²) in [6, 6.07) is 0.301. The zero-order valence-electron chi connectivity index (χ0n) is 12.0. The monoisotopic (exact) mass is 297 g/mol. The molecule has 1 aromatic heterocycles. The maximum Gasteiger partial charge on any atom is 0.0940 e. The Balaban J connectivity index is 1.72. The van der Waals surface area contributed by atoms with Crippen molar-refractivity contribution in [2.45, 2.75) is 44.2 Å². The SMILES string of the molecule is CCCNC(c1csnn1)C1CCOC2(CCOC2)C1. The van der Waals surface area contributed by atoms with E-state index in [1.165, 1.54) is 11.5 Å². The standard InChI is InChI=1S/C14H23N3O2S/c1-2-5-15-13(12-9-20-17-16-12)11-3-6-19-14(8-11)4-7-18-10-14/h9,11,13,15H,2-8,10H2,1H3. The molecule has 0 aromatic carbocycles. The molecule has 2 fully saturated rings. The van der Waals surface area contributed by atoms with Crippen LogP contribution in [0.3, 0.4) is 0 Å². The average molecular weight is 297 g/mol. The van der Waals surface area contributed by atoms with Crippen molar-refractivity contribution in [2.75, 3.05) is 26.4 Å². The topological polar surface area (TPSA) is 56.3 Å². The number of hydrogen-bond donors (Lipinski definition) is 1. The van der Waals surface area contributed by atoms with Gasteiger partial charge >= 0.3 is 0 Å². The van der Waals surface area contributed by atoms with E-state index >= 15 is 0 Å². The van der Waals surface area contributed by atoms with Crippen LogP contribution in [0.4, 0.5) is 0 Å². The number of rotatable bonds is 5. The second-order valence-electron chi connectivity index (χ2n) is 5.85. The van der Waals surface area contributed by atoms with Gasteiger partial charge in [-0.1, -0.05) is 11.4 Å². The lowest BCUT2D eigenvalue weighted by Gasteiger charge is -2.40. The molecule has 0 aliphatic carbocycles. The molecule has 0 saturated carbocycles. The van der Waals surface area contributed by atoms with Crippen LogP contribution in [0.5, 0.6) is 0 Å². The summed E-state index contributed by atoms with van der Waals surface area (Å²) in [5, 5.41) is 10.0. The summed E-state index contributed by atoms with van der Waals surface area (Å²) in [7, 11) is 0. The van der Waals surface area contributed by atoms with Crippen LogP contribution in [-0.2, 0) is 9.47 Å². The van der Waals surface area contributed by atoms with Crippen molar-refractivity contribution >= 4 is 11.5 Å². The molecule has 3 rings (SSSR count). The van der Waals surface area contributed by atoms with E-state index in [9.17, 15) is 0 Å². The second kappa shape index (κ2) is 6.47. The van der Waals surface area contributed by atoms with Crippen LogP contribution in [0.15, 0.2) is 5.38 Å². The van der Waals surface area contributed by atoms with Gasteiger partial charge in [0.1, 0.15) is 0 Å². The Morgan fingerprint density at radius 3 is 3.20 bits per heavy atom. The molecule has 0 bridgehead atoms. The normalized spacial score (nSPS) is 31.8. The van der Waals surface area contributed by atoms with E-state index in [1.54, 1.807) is 0 Å². The van der Waals surface area contributed by atoms with E-state index in [0.29, 0.717) is 12.0 Å². The first-order valence-corrected chi connectivity index (χ1v) is 8.39. The van der Waals surface area contributed by atoms with Crippen LogP contribution in [0.25, 0.3) is 0 Å². The molecule has 3 heterocycles. The van der Waals surface area contributed by atoms with E-state index in [0.717, 1.165) is 57.7 Å². The van der Waals surface area contributed by atoms with Crippen LogP contribution >= 0.6 is 11.5 Å². The van der Waals surface area contributed by atoms with Crippen LogP contribution in [0, 0.1) is 5.92 Å². The molecule has 5 nitrogen and oxygen atoms in total. The molecule has 20 heavy (non-hydrogen) atoms. The van der Waals surface area contributed by atoms with Crippen LogP contribution in [-0.4, -0.2) is 41.6 Å². The Hall–Kier alpha value is -0.560. The van der Waals surface area contributed by atoms with Crippen molar-refractivity contribution in [3.63, 3.8) is 0 Å². The molecule has 0 radical (unpaired) electrons. The molecule has 0 amide bonds. The van der Waals surface area contributed by atoms with Crippen molar-refractivity contribution < 1.29 is 9.47 Å². The average Bonchev–Trinajstić information content (AvgIpc) is 3.12. The molecule has 1 N–H and O–H groups in total. The van der Waals surface area contributed by atoms with Crippen LogP contribution in [0.1, 0.15) is 44.3 Å². The third-order valence-electron chi connectivity index (χ3n) is 4.38. The third kappa shape index (κ3) is 3.03. The maximum atomic E-state index is 6.04. The molecule has 1 aromatic rings. The van der Waals surface area contributed by atoms with E-state index in [2.05, 4.69) is 27.2 Å². The van der Waals surface area contributed by atoms with Gasteiger partial charge in [-0.3, -0.25) is 0 Å². The molecule has 2 aliphatic rings. The van der Waals surface area contributed by atoms with Crippen LogP contribution < -0.4 is 5.32 Å². The highest BCUT2D eigenvalue weighted by Gasteiger charge is 2.43. The largest absolute Gasteiger partial charge is 0.378 e. The zero-order valence-corrected chi connectivity index (χ0v) is 12.8. The highest BCUT2D eigenvalue weighted by atomic mass is 32.1. The van der Waals surface area contributed by atoms with E-state index < -0.39 is 0 Å². The van der Waals surface area contributed by atoms with Crippen molar-refractivity contribution in [1.29, 1.82) is 0 Å². The number of nitrogens with zero attached hydrogens (tertiary/aromatic N) is 2. The quantitative estimate of drug-likeness (QED) is 0.902. The fourth-order valence-electron chi connectivity index (χ4n) is 3.33. The fraction of sp³-hybridized carbons (Fsp3) is 0.857. The Morgan fingerprint density at radius 1 is 1.55 bits per heavy atom. The Kier molecular flexibility index (Phi) is 4.65. The fourth-order valence-corrected chi connectivity index (χ4v) is 3.82. The first-order valence-electron chi connectivity index (χ1n) is 7.55. The van der Waals surface area contributed by atoms with E-state index in [1.807, 2.05) is 0 Å². The van der Waals surface area contributed by atoms with Gasteiger partial charge in [0.05, 0.1) is 23.9 Å². The van der Waals surface area contributed by atoms with E-state index in [-0.39, 0.29) is 5.60 Å². The molecule has 2 aliphatic heterocycles. The van der Waals surface area contributed by atoms with Gasteiger partial charge in [-0.15, -0.1) is 5.10 Å². The molecule has 6 heteroatoms. The highest BCUT2D eigenvalue weighted by molar-refractivity contribution is 7.03. The summed E-state index contributed by atoms with van der Waals surface area (Å²) < 4.78 is 15.6. The maximum absolute atomic E-state index is 6.04. The minimum absolute atomic E-state index is 0.0431. The molecule has 1 spiro atoms.